The van der Waals surface area contributed by atoms with E-state index in [1.54, 1.807) is 6.07 Å². The molecule has 9 heteroatoms. The molecule has 294 valence electrons. The molecule has 1 fully saturated rings. The summed E-state index contributed by atoms with van der Waals surface area (Å²) in [7, 11) is 0. The largest absolute Gasteiger partial charge is 0.482 e. The van der Waals surface area contributed by atoms with Gasteiger partial charge in [-0.1, -0.05) is 76.8 Å². The van der Waals surface area contributed by atoms with E-state index in [0.29, 0.717) is 36.7 Å². The summed E-state index contributed by atoms with van der Waals surface area (Å²) < 4.78 is 49.7. The summed E-state index contributed by atoms with van der Waals surface area (Å²) in [5.41, 5.74) is 4.58. The van der Waals surface area contributed by atoms with Gasteiger partial charge in [-0.15, -0.1) is 12.4 Å². The molecule has 0 aliphatic carbocycles. The SMILES string of the molecule is CCCCCCCC[N+]1(Cc2ccccc2)CCC2=C(C1)c1c(OC(=O)CCCN3CCOCC3)cc(-c3cc(F)ccc3F)cc1OC2(CC)CC.Cl. The van der Waals surface area contributed by atoms with Crippen molar-refractivity contribution in [3.05, 3.63) is 89.0 Å². The fraction of sp³-hybridized carbons (Fsp3) is 0.533. The number of quaternary nitrogens is 1. The second-order valence-electron chi connectivity index (χ2n) is 15.4. The van der Waals surface area contributed by atoms with Crippen molar-refractivity contribution in [1.29, 1.82) is 0 Å². The van der Waals surface area contributed by atoms with Crippen LogP contribution in [0.4, 0.5) is 8.78 Å². The number of morpholine rings is 1. The highest BCUT2D eigenvalue weighted by atomic mass is 35.5. The molecule has 3 aromatic carbocycles. The lowest BCUT2D eigenvalue weighted by Crippen LogP contribution is -2.55. The Labute approximate surface area is 327 Å². The number of nitrogens with zero attached hydrogens (tertiary/aromatic N) is 2. The summed E-state index contributed by atoms with van der Waals surface area (Å²) in [6.07, 6.45) is 10.7. The fourth-order valence-electron chi connectivity index (χ4n) is 8.81. The third-order valence-corrected chi connectivity index (χ3v) is 11.8. The molecule has 1 saturated heterocycles. The first-order valence-electron chi connectivity index (χ1n) is 20.2. The van der Waals surface area contributed by atoms with E-state index in [1.807, 2.05) is 6.07 Å². The van der Waals surface area contributed by atoms with E-state index in [0.717, 1.165) is 93.7 Å². The van der Waals surface area contributed by atoms with Gasteiger partial charge in [0.05, 0.1) is 31.9 Å². The Balaban J connectivity index is 0.00000561. The van der Waals surface area contributed by atoms with Crippen LogP contribution >= 0.6 is 12.4 Å². The molecule has 0 bridgehead atoms. The first-order chi connectivity index (χ1) is 25.8. The highest BCUT2D eigenvalue weighted by Crippen LogP contribution is 2.53. The molecule has 0 amide bonds. The van der Waals surface area contributed by atoms with Crippen molar-refractivity contribution in [2.75, 3.05) is 52.5 Å². The molecule has 0 N–H and O–H groups in total. The molecule has 0 spiro atoms. The van der Waals surface area contributed by atoms with E-state index in [2.05, 4.69) is 56.0 Å². The third-order valence-electron chi connectivity index (χ3n) is 11.8. The van der Waals surface area contributed by atoms with Crippen LogP contribution in [-0.2, 0) is 16.1 Å². The van der Waals surface area contributed by atoms with Crippen LogP contribution in [0.5, 0.6) is 11.5 Å². The Morgan fingerprint density at radius 1 is 0.907 bits per heavy atom. The van der Waals surface area contributed by atoms with E-state index < -0.39 is 17.2 Å². The van der Waals surface area contributed by atoms with Gasteiger partial charge in [-0.3, -0.25) is 9.69 Å². The van der Waals surface area contributed by atoms with Crippen LogP contribution < -0.4 is 9.47 Å². The van der Waals surface area contributed by atoms with Crippen LogP contribution in [0.1, 0.15) is 103 Å². The standard InChI is InChI=1S/C45H59F2N2O4.ClH/c1-4-7-8-9-10-14-25-49(32-34-16-12-11-13-17-34)26-21-39-38(33-49)44-41(52-43(50)18-15-22-48-23-27-51-28-24-48)29-35(37-31-36(46)19-20-40(37)47)30-42(44)53-45(39,5-2)6-3;/h11-13,16-17,19-20,29-31H,4-10,14-15,18,21-28,32-33H2,1-3H3;1H/q+1;. The molecule has 3 aromatic rings. The lowest BCUT2D eigenvalue weighted by molar-refractivity contribution is -0.935. The van der Waals surface area contributed by atoms with Gasteiger partial charge in [0.1, 0.15) is 41.8 Å². The summed E-state index contributed by atoms with van der Waals surface area (Å²) >= 11 is 0. The number of hydrogen-bond acceptors (Lipinski definition) is 5. The highest BCUT2D eigenvalue weighted by Gasteiger charge is 2.47. The summed E-state index contributed by atoms with van der Waals surface area (Å²) in [5.74, 6) is -0.477. The average Bonchev–Trinajstić information content (AvgIpc) is 3.17. The third kappa shape index (κ3) is 9.92. The second-order valence-corrected chi connectivity index (χ2v) is 15.4. The molecule has 3 aliphatic heterocycles. The molecular formula is C45H60ClF2N2O4+. The number of rotatable bonds is 17. The van der Waals surface area contributed by atoms with Gasteiger partial charge < -0.3 is 18.7 Å². The Morgan fingerprint density at radius 3 is 2.39 bits per heavy atom. The van der Waals surface area contributed by atoms with Gasteiger partial charge in [-0.2, -0.15) is 0 Å². The Bertz CT molecular complexity index is 1720. The van der Waals surface area contributed by atoms with Crippen LogP contribution in [0, 0.1) is 11.6 Å². The Kier molecular flexibility index (Phi) is 15.1. The zero-order chi connectivity index (χ0) is 37.3. The number of carbonyl (C=O) groups excluding carboxylic acids is 1. The molecule has 0 aromatic heterocycles. The number of unbranched alkanes of at least 4 members (excludes halogenated alkanes) is 5. The highest BCUT2D eigenvalue weighted by molar-refractivity contribution is 5.87. The predicted octanol–water partition coefficient (Wildman–Crippen LogP) is 10.6. The minimum Gasteiger partial charge on any atom is -0.482 e. The van der Waals surface area contributed by atoms with Crippen molar-refractivity contribution in [3.63, 3.8) is 0 Å². The van der Waals surface area contributed by atoms with Crippen molar-refractivity contribution in [2.45, 2.75) is 104 Å². The van der Waals surface area contributed by atoms with E-state index in [-0.39, 0.29) is 30.4 Å². The van der Waals surface area contributed by atoms with Crippen LogP contribution in [0.15, 0.2) is 66.2 Å². The van der Waals surface area contributed by atoms with E-state index in [9.17, 15) is 9.18 Å². The minimum absolute atomic E-state index is 0. The van der Waals surface area contributed by atoms with E-state index >= 15 is 4.39 Å². The van der Waals surface area contributed by atoms with Gasteiger partial charge in [-0.05, 0) is 80.1 Å². The lowest BCUT2D eigenvalue weighted by atomic mass is 9.75. The molecule has 0 saturated carbocycles. The topological polar surface area (TPSA) is 48.0 Å². The normalized spacial score (nSPS) is 19.4. The smallest absolute Gasteiger partial charge is 0.311 e. The van der Waals surface area contributed by atoms with Crippen molar-refractivity contribution >= 4 is 23.9 Å². The monoisotopic (exact) mass is 765 g/mol. The number of benzene rings is 3. The number of fused-ring (bicyclic) bond motifs is 2. The van der Waals surface area contributed by atoms with Gasteiger partial charge >= 0.3 is 5.97 Å². The summed E-state index contributed by atoms with van der Waals surface area (Å²) in [4.78, 5) is 16.0. The average molecular weight is 766 g/mol. The number of ether oxygens (including phenoxy) is 3. The molecule has 1 unspecified atom stereocenters. The van der Waals surface area contributed by atoms with Gasteiger partial charge in [0.15, 0.2) is 0 Å². The maximum Gasteiger partial charge on any atom is 0.311 e. The zero-order valence-electron chi connectivity index (χ0n) is 32.6. The van der Waals surface area contributed by atoms with Crippen LogP contribution in [0.25, 0.3) is 16.7 Å². The van der Waals surface area contributed by atoms with E-state index in [4.69, 9.17) is 14.2 Å². The van der Waals surface area contributed by atoms with Gasteiger partial charge in [-0.25, -0.2) is 8.78 Å². The van der Waals surface area contributed by atoms with Crippen molar-refractivity contribution in [3.8, 4) is 22.6 Å². The number of carbonyl (C=O) groups is 1. The lowest BCUT2D eigenvalue weighted by Gasteiger charge is -2.49. The molecule has 6 nitrogen and oxygen atoms in total. The van der Waals surface area contributed by atoms with Crippen LogP contribution in [-0.4, -0.2) is 73.4 Å². The predicted molar refractivity (Wildman–Crippen MR) is 215 cm³/mol. The molecule has 0 radical (unpaired) electrons. The fourth-order valence-corrected chi connectivity index (χ4v) is 8.81. The van der Waals surface area contributed by atoms with Crippen molar-refractivity contribution in [2.24, 2.45) is 0 Å². The second kappa shape index (κ2) is 19.5. The number of halogens is 3. The van der Waals surface area contributed by atoms with Crippen molar-refractivity contribution < 1.29 is 32.3 Å². The quantitative estimate of drug-likeness (QED) is 0.0593. The van der Waals surface area contributed by atoms with E-state index in [1.165, 1.54) is 54.9 Å². The maximum absolute atomic E-state index is 15.4. The van der Waals surface area contributed by atoms with Gasteiger partial charge in [0.25, 0.3) is 0 Å². The Morgan fingerprint density at radius 2 is 1.65 bits per heavy atom. The molecule has 6 rings (SSSR count). The van der Waals surface area contributed by atoms with Crippen molar-refractivity contribution in [1.82, 2.24) is 4.90 Å². The van der Waals surface area contributed by atoms with Gasteiger partial charge in [0.2, 0.25) is 0 Å². The Hall–Kier alpha value is -3.30. The molecular weight excluding hydrogens is 706 g/mol. The number of esters is 1. The summed E-state index contributed by atoms with van der Waals surface area (Å²) in [6, 6.07) is 17.8. The van der Waals surface area contributed by atoms with Crippen LogP contribution in [0.3, 0.4) is 0 Å². The molecule has 1 atom stereocenters. The summed E-state index contributed by atoms with van der Waals surface area (Å²) in [6.45, 7) is 14.3. The van der Waals surface area contributed by atoms with Gasteiger partial charge in [0, 0.05) is 42.6 Å². The molecule has 3 aliphatic rings. The number of hydrogen-bond donors (Lipinski definition) is 0. The summed E-state index contributed by atoms with van der Waals surface area (Å²) in [5, 5.41) is 0. The first kappa shape index (κ1) is 41.9. The first-order valence-corrected chi connectivity index (χ1v) is 20.2. The zero-order valence-corrected chi connectivity index (χ0v) is 33.4. The minimum atomic E-state index is -0.544. The molecule has 3 heterocycles. The van der Waals surface area contributed by atoms with Crippen LogP contribution in [0.2, 0.25) is 0 Å². The molecule has 54 heavy (non-hydrogen) atoms. The maximum atomic E-state index is 15.4.